The maximum Gasteiger partial charge on any atom is 0.338 e. The van der Waals surface area contributed by atoms with Crippen molar-refractivity contribution >= 4 is 21.9 Å². The normalized spacial score (nSPS) is 10.7. The number of nitrogens with zero attached hydrogens (tertiary/aromatic N) is 2. The molecule has 0 atom stereocenters. The number of benzene rings is 1. The minimum atomic E-state index is -1.27. The van der Waals surface area contributed by atoms with Crippen LogP contribution in [0, 0.1) is 19.7 Å². The van der Waals surface area contributed by atoms with Crippen molar-refractivity contribution in [1.29, 1.82) is 0 Å². The number of carbonyl (C=O) groups is 1. The van der Waals surface area contributed by atoms with E-state index >= 15 is 0 Å². The van der Waals surface area contributed by atoms with Crippen molar-refractivity contribution in [2.24, 2.45) is 0 Å². The summed E-state index contributed by atoms with van der Waals surface area (Å²) >= 11 is 3.40. The lowest BCUT2D eigenvalue weighted by Crippen LogP contribution is -2.09. The van der Waals surface area contributed by atoms with Crippen LogP contribution in [0.5, 0.6) is 0 Å². The summed E-state index contributed by atoms with van der Waals surface area (Å²) in [6.45, 7) is 3.91. The summed E-state index contributed by atoms with van der Waals surface area (Å²) in [5, 5.41) is 13.2. The van der Waals surface area contributed by atoms with Gasteiger partial charge in [0.25, 0.3) is 0 Å². The number of rotatable bonds is 3. The average molecular weight is 327 g/mol. The van der Waals surface area contributed by atoms with E-state index in [0.29, 0.717) is 5.56 Å². The van der Waals surface area contributed by atoms with Crippen molar-refractivity contribution in [3.05, 3.63) is 51.0 Å². The van der Waals surface area contributed by atoms with Crippen molar-refractivity contribution in [3.8, 4) is 0 Å². The lowest BCUT2D eigenvalue weighted by molar-refractivity contribution is 0.0691. The SMILES string of the molecule is Cc1nn(Cc2cccc(C(=O)O)c2F)c(C)c1Br. The number of halogens is 2. The van der Waals surface area contributed by atoms with Crippen LogP contribution in [-0.2, 0) is 6.54 Å². The number of aromatic carboxylic acids is 1. The molecule has 1 aromatic carbocycles. The third-order valence-electron chi connectivity index (χ3n) is 2.92. The smallest absolute Gasteiger partial charge is 0.338 e. The number of aryl methyl sites for hydroxylation is 1. The van der Waals surface area contributed by atoms with Gasteiger partial charge in [0, 0.05) is 5.56 Å². The van der Waals surface area contributed by atoms with Crippen LogP contribution in [-0.4, -0.2) is 20.9 Å². The van der Waals surface area contributed by atoms with Crippen molar-refractivity contribution in [3.63, 3.8) is 0 Å². The van der Waals surface area contributed by atoms with Gasteiger partial charge in [0.2, 0.25) is 0 Å². The Balaban J connectivity index is 2.41. The van der Waals surface area contributed by atoms with E-state index in [-0.39, 0.29) is 12.1 Å². The van der Waals surface area contributed by atoms with Gasteiger partial charge in [-0.05, 0) is 35.8 Å². The summed E-state index contributed by atoms with van der Waals surface area (Å²) in [6.07, 6.45) is 0. The van der Waals surface area contributed by atoms with Crippen molar-refractivity contribution in [2.75, 3.05) is 0 Å². The summed E-state index contributed by atoms with van der Waals surface area (Å²) in [5.74, 6) is -1.98. The molecule has 0 radical (unpaired) electrons. The summed E-state index contributed by atoms with van der Waals surface area (Å²) in [5.41, 5.74) is 1.67. The predicted octanol–water partition coefficient (Wildman–Crippen LogP) is 3.15. The first-order valence-electron chi connectivity index (χ1n) is 5.62. The van der Waals surface area contributed by atoms with Gasteiger partial charge in [-0.25, -0.2) is 9.18 Å². The lowest BCUT2D eigenvalue weighted by atomic mass is 10.1. The molecule has 0 amide bonds. The fourth-order valence-electron chi connectivity index (χ4n) is 1.86. The zero-order chi connectivity index (χ0) is 14.2. The van der Waals surface area contributed by atoms with Crippen LogP contribution < -0.4 is 0 Å². The molecule has 100 valence electrons. The van der Waals surface area contributed by atoms with Crippen LogP contribution >= 0.6 is 15.9 Å². The van der Waals surface area contributed by atoms with E-state index in [1.807, 2.05) is 13.8 Å². The number of carboxylic acid groups (broad SMARTS) is 1. The summed E-state index contributed by atoms with van der Waals surface area (Å²) in [6, 6.07) is 4.34. The van der Waals surface area contributed by atoms with E-state index < -0.39 is 11.8 Å². The molecule has 6 heteroatoms. The van der Waals surface area contributed by atoms with Crippen LogP contribution in [0.3, 0.4) is 0 Å². The Labute approximate surface area is 118 Å². The second-order valence-electron chi connectivity index (χ2n) is 4.23. The second-order valence-corrected chi connectivity index (χ2v) is 5.02. The van der Waals surface area contributed by atoms with Gasteiger partial charge >= 0.3 is 5.97 Å². The molecule has 0 fully saturated rings. The minimum absolute atomic E-state index is 0.200. The van der Waals surface area contributed by atoms with E-state index in [0.717, 1.165) is 15.9 Å². The second kappa shape index (κ2) is 5.13. The van der Waals surface area contributed by atoms with Crippen molar-refractivity contribution in [1.82, 2.24) is 9.78 Å². The average Bonchev–Trinajstić information content (AvgIpc) is 2.59. The number of carboxylic acids is 1. The molecular weight excluding hydrogens is 315 g/mol. The highest BCUT2D eigenvalue weighted by Crippen LogP contribution is 2.22. The first-order valence-corrected chi connectivity index (χ1v) is 6.41. The van der Waals surface area contributed by atoms with Gasteiger partial charge in [-0.3, -0.25) is 4.68 Å². The summed E-state index contributed by atoms with van der Waals surface area (Å²) in [7, 11) is 0. The molecular formula is C13H12BrFN2O2. The minimum Gasteiger partial charge on any atom is -0.478 e. The summed E-state index contributed by atoms with van der Waals surface area (Å²) in [4.78, 5) is 10.9. The van der Waals surface area contributed by atoms with E-state index in [9.17, 15) is 9.18 Å². The third kappa shape index (κ3) is 2.53. The molecule has 0 aliphatic rings. The van der Waals surface area contributed by atoms with Crippen LogP contribution in [0.4, 0.5) is 4.39 Å². The Kier molecular flexibility index (Phi) is 3.71. The van der Waals surface area contributed by atoms with Gasteiger partial charge in [0.1, 0.15) is 5.82 Å². The van der Waals surface area contributed by atoms with Gasteiger partial charge in [-0.2, -0.15) is 5.10 Å². The molecule has 4 nitrogen and oxygen atoms in total. The van der Waals surface area contributed by atoms with E-state index in [4.69, 9.17) is 5.11 Å². The van der Waals surface area contributed by atoms with Gasteiger partial charge in [-0.1, -0.05) is 12.1 Å². The van der Waals surface area contributed by atoms with Crippen molar-refractivity contribution in [2.45, 2.75) is 20.4 Å². The zero-order valence-electron chi connectivity index (χ0n) is 10.4. The Morgan fingerprint density at radius 1 is 1.47 bits per heavy atom. The first-order chi connectivity index (χ1) is 8.91. The van der Waals surface area contributed by atoms with Crippen molar-refractivity contribution < 1.29 is 14.3 Å². The zero-order valence-corrected chi connectivity index (χ0v) is 12.0. The van der Waals surface area contributed by atoms with Gasteiger partial charge in [0.05, 0.1) is 28.0 Å². The molecule has 0 saturated heterocycles. The molecule has 0 bridgehead atoms. The van der Waals surface area contributed by atoms with Crippen LogP contribution in [0.15, 0.2) is 22.7 Å². The maximum absolute atomic E-state index is 14.0. The number of aromatic nitrogens is 2. The molecule has 1 N–H and O–H groups in total. The fraction of sp³-hybridized carbons (Fsp3) is 0.231. The number of hydrogen-bond acceptors (Lipinski definition) is 2. The number of hydrogen-bond donors (Lipinski definition) is 1. The predicted molar refractivity (Wildman–Crippen MR) is 71.9 cm³/mol. The summed E-state index contributed by atoms with van der Waals surface area (Å²) < 4.78 is 16.5. The lowest BCUT2D eigenvalue weighted by Gasteiger charge is -2.07. The highest BCUT2D eigenvalue weighted by atomic mass is 79.9. The quantitative estimate of drug-likeness (QED) is 0.942. The molecule has 1 aromatic heterocycles. The first kappa shape index (κ1) is 13.7. The van der Waals surface area contributed by atoms with E-state index in [1.54, 1.807) is 10.7 Å². The highest BCUT2D eigenvalue weighted by Gasteiger charge is 2.16. The Morgan fingerprint density at radius 2 is 2.16 bits per heavy atom. The van der Waals surface area contributed by atoms with Crippen LogP contribution in [0.25, 0.3) is 0 Å². The third-order valence-corrected chi connectivity index (χ3v) is 4.07. The molecule has 2 rings (SSSR count). The fourth-order valence-corrected chi connectivity index (χ4v) is 2.14. The maximum atomic E-state index is 14.0. The van der Waals surface area contributed by atoms with Gasteiger partial charge in [0.15, 0.2) is 0 Å². The molecule has 19 heavy (non-hydrogen) atoms. The molecule has 0 aliphatic carbocycles. The van der Waals surface area contributed by atoms with E-state index in [2.05, 4.69) is 21.0 Å². The Morgan fingerprint density at radius 3 is 2.68 bits per heavy atom. The standard InChI is InChI=1S/C13H12BrFN2O2/c1-7-11(14)8(2)17(16-7)6-9-4-3-5-10(12(9)15)13(18)19/h3-5H,6H2,1-2H3,(H,18,19). The molecule has 0 spiro atoms. The Hall–Kier alpha value is -1.69. The monoisotopic (exact) mass is 326 g/mol. The topological polar surface area (TPSA) is 55.1 Å². The van der Waals surface area contributed by atoms with Gasteiger partial charge in [-0.15, -0.1) is 0 Å². The van der Waals surface area contributed by atoms with Crippen LogP contribution in [0.1, 0.15) is 27.3 Å². The molecule has 1 heterocycles. The largest absolute Gasteiger partial charge is 0.478 e. The van der Waals surface area contributed by atoms with Gasteiger partial charge < -0.3 is 5.11 Å². The van der Waals surface area contributed by atoms with E-state index in [1.165, 1.54) is 12.1 Å². The Bertz CT molecular complexity index is 652. The molecule has 0 unspecified atom stereocenters. The molecule has 0 saturated carbocycles. The van der Waals surface area contributed by atoms with Crippen LogP contribution in [0.2, 0.25) is 0 Å². The highest BCUT2D eigenvalue weighted by molar-refractivity contribution is 9.10. The molecule has 2 aromatic rings. The molecule has 0 aliphatic heterocycles.